The van der Waals surface area contributed by atoms with E-state index in [0.29, 0.717) is 11.6 Å². The largest absolute Gasteiger partial charge is 0.308 e. The van der Waals surface area contributed by atoms with E-state index in [-0.39, 0.29) is 5.92 Å². The van der Waals surface area contributed by atoms with E-state index in [9.17, 15) is 0 Å². The predicted molar refractivity (Wildman–Crippen MR) is 65.8 cm³/mol. The van der Waals surface area contributed by atoms with Gasteiger partial charge in [-0.1, -0.05) is 13.8 Å². The fourth-order valence-electron chi connectivity index (χ4n) is 1.44. The maximum atomic E-state index is 5.40. The van der Waals surface area contributed by atoms with E-state index in [1.807, 2.05) is 27.0 Å². The number of rotatable bonds is 3. The van der Waals surface area contributed by atoms with Gasteiger partial charge in [0.2, 0.25) is 0 Å². The molecular formula is C11H16N6. The monoisotopic (exact) mass is 232 g/mol. The van der Waals surface area contributed by atoms with Crippen LogP contribution in [0.2, 0.25) is 0 Å². The van der Waals surface area contributed by atoms with Crippen LogP contribution in [0, 0.1) is 6.92 Å². The molecule has 0 saturated heterocycles. The number of hydrogen-bond acceptors (Lipinski definition) is 5. The van der Waals surface area contributed by atoms with E-state index in [2.05, 4.69) is 20.5 Å². The van der Waals surface area contributed by atoms with Crippen molar-refractivity contribution in [1.29, 1.82) is 0 Å². The Kier molecular flexibility index (Phi) is 3.06. The van der Waals surface area contributed by atoms with Crippen LogP contribution in [0.5, 0.6) is 0 Å². The van der Waals surface area contributed by atoms with Gasteiger partial charge in [0.05, 0.1) is 6.20 Å². The molecule has 0 atom stereocenters. The molecule has 0 fully saturated rings. The summed E-state index contributed by atoms with van der Waals surface area (Å²) in [5.74, 6) is 7.68. The maximum Gasteiger partial charge on any atom is 0.159 e. The highest BCUT2D eigenvalue weighted by Crippen LogP contribution is 2.15. The van der Waals surface area contributed by atoms with Crippen molar-refractivity contribution in [3.05, 3.63) is 29.8 Å². The lowest BCUT2D eigenvalue weighted by Gasteiger charge is -2.09. The third kappa shape index (κ3) is 2.42. The summed E-state index contributed by atoms with van der Waals surface area (Å²) < 4.78 is 1.71. The lowest BCUT2D eigenvalue weighted by atomic mass is 10.2. The normalized spacial score (nSPS) is 10.9. The molecule has 2 heterocycles. The van der Waals surface area contributed by atoms with Crippen molar-refractivity contribution in [1.82, 2.24) is 19.7 Å². The third-order valence-electron chi connectivity index (χ3n) is 2.34. The minimum Gasteiger partial charge on any atom is -0.308 e. The Bertz CT molecular complexity index is 516. The van der Waals surface area contributed by atoms with Gasteiger partial charge in [-0.3, -0.25) is 0 Å². The molecule has 6 heteroatoms. The molecule has 2 rings (SSSR count). The molecule has 90 valence electrons. The summed E-state index contributed by atoms with van der Waals surface area (Å²) in [5, 5.41) is 4.22. The lowest BCUT2D eigenvalue weighted by molar-refractivity contribution is 0.746. The van der Waals surface area contributed by atoms with Crippen molar-refractivity contribution in [2.75, 3.05) is 5.43 Å². The number of aryl methyl sites for hydroxylation is 1. The maximum absolute atomic E-state index is 5.40. The van der Waals surface area contributed by atoms with Crippen LogP contribution in [0.1, 0.15) is 31.2 Å². The first-order valence-corrected chi connectivity index (χ1v) is 5.47. The number of nitrogens with two attached hydrogens (primary N) is 1. The summed E-state index contributed by atoms with van der Waals surface area (Å²) >= 11 is 0. The van der Waals surface area contributed by atoms with Gasteiger partial charge in [0, 0.05) is 18.2 Å². The van der Waals surface area contributed by atoms with Crippen molar-refractivity contribution in [3.63, 3.8) is 0 Å². The summed E-state index contributed by atoms with van der Waals surface area (Å²) in [7, 11) is 0. The summed E-state index contributed by atoms with van der Waals surface area (Å²) in [5.41, 5.74) is 3.63. The highest BCUT2D eigenvalue weighted by atomic mass is 15.3. The van der Waals surface area contributed by atoms with Crippen LogP contribution in [0.3, 0.4) is 0 Å². The van der Waals surface area contributed by atoms with Gasteiger partial charge in [-0.25, -0.2) is 20.5 Å². The van der Waals surface area contributed by atoms with Crippen molar-refractivity contribution in [3.8, 4) is 5.82 Å². The van der Waals surface area contributed by atoms with Gasteiger partial charge in [0.25, 0.3) is 0 Å². The number of anilines is 1. The fraction of sp³-hybridized carbons (Fsp3) is 0.364. The van der Waals surface area contributed by atoms with Crippen LogP contribution in [-0.2, 0) is 0 Å². The van der Waals surface area contributed by atoms with E-state index in [0.717, 1.165) is 11.4 Å². The first-order chi connectivity index (χ1) is 8.10. The topological polar surface area (TPSA) is 81.7 Å². The molecule has 0 radical (unpaired) electrons. The van der Waals surface area contributed by atoms with Gasteiger partial charge in [0.15, 0.2) is 5.82 Å². The minimum absolute atomic E-state index is 0.235. The average Bonchev–Trinajstić information content (AvgIpc) is 2.75. The van der Waals surface area contributed by atoms with E-state index < -0.39 is 0 Å². The highest BCUT2D eigenvalue weighted by molar-refractivity contribution is 5.40. The molecule has 0 unspecified atom stereocenters. The lowest BCUT2D eigenvalue weighted by Crippen LogP contribution is -2.13. The molecule has 0 aliphatic rings. The zero-order chi connectivity index (χ0) is 12.4. The number of hydrogen-bond donors (Lipinski definition) is 2. The number of nitrogen functional groups attached to an aromatic ring is 1. The Labute approximate surface area is 99.9 Å². The molecule has 3 N–H and O–H groups in total. The molecule has 0 aliphatic carbocycles. The summed E-state index contributed by atoms with van der Waals surface area (Å²) in [6.45, 7) is 6.05. The highest BCUT2D eigenvalue weighted by Gasteiger charge is 2.09. The van der Waals surface area contributed by atoms with E-state index >= 15 is 0 Å². The first-order valence-electron chi connectivity index (χ1n) is 5.47. The summed E-state index contributed by atoms with van der Waals surface area (Å²) in [6, 6.07) is 1.76. The van der Waals surface area contributed by atoms with E-state index in [4.69, 9.17) is 5.84 Å². The van der Waals surface area contributed by atoms with Crippen LogP contribution < -0.4 is 11.3 Å². The Balaban J connectivity index is 2.49. The van der Waals surface area contributed by atoms with Crippen LogP contribution in [0.15, 0.2) is 18.5 Å². The van der Waals surface area contributed by atoms with Crippen LogP contribution in [-0.4, -0.2) is 19.7 Å². The van der Waals surface area contributed by atoms with Gasteiger partial charge in [-0.2, -0.15) is 5.10 Å². The summed E-state index contributed by atoms with van der Waals surface area (Å²) in [4.78, 5) is 8.75. The van der Waals surface area contributed by atoms with Gasteiger partial charge >= 0.3 is 0 Å². The Morgan fingerprint density at radius 3 is 2.65 bits per heavy atom. The number of nitrogens with one attached hydrogen (secondary N) is 1. The summed E-state index contributed by atoms with van der Waals surface area (Å²) in [6.07, 6.45) is 3.69. The second-order valence-corrected chi connectivity index (χ2v) is 4.23. The Morgan fingerprint density at radius 1 is 1.35 bits per heavy atom. The van der Waals surface area contributed by atoms with E-state index in [1.165, 1.54) is 0 Å². The van der Waals surface area contributed by atoms with Crippen molar-refractivity contribution in [2.24, 2.45) is 5.84 Å². The molecule has 2 aromatic rings. The van der Waals surface area contributed by atoms with Gasteiger partial charge < -0.3 is 5.43 Å². The molecular weight excluding hydrogens is 216 g/mol. The predicted octanol–water partition coefficient (Wildman–Crippen LogP) is 1.38. The smallest absolute Gasteiger partial charge is 0.159 e. The van der Waals surface area contributed by atoms with Gasteiger partial charge in [-0.05, 0) is 12.5 Å². The third-order valence-corrected chi connectivity index (χ3v) is 2.34. The molecule has 0 saturated carbocycles. The molecule has 17 heavy (non-hydrogen) atoms. The molecule has 0 amide bonds. The molecule has 0 aromatic carbocycles. The van der Waals surface area contributed by atoms with Gasteiger partial charge in [-0.15, -0.1) is 0 Å². The second-order valence-electron chi connectivity index (χ2n) is 4.23. The van der Waals surface area contributed by atoms with Crippen molar-refractivity contribution < 1.29 is 0 Å². The zero-order valence-electron chi connectivity index (χ0n) is 10.2. The van der Waals surface area contributed by atoms with Crippen LogP contribution in [0.25, 0.3) is 5.82 Å². The van der Waals surface area contributed by atoms with Crippen molar-refractivity contribution >= 4 is 5.82 Å². The minimum atomic E-state index is 0.235. The van der Waals surface area contributed by atoms with Crippen LogP contribution in [0.4, 0.5) is 5.82 Å². The Morgan fingerprint density at radius 2 is 2.12 bits per heavy atom. The molecule has 0 spiro atoms. The van der Waals surface area contributed by atoms with Gasteiger partial charge in [0.1, 0.15) is 11.6 Å². The van der Waals surface area contributed by atoms with E-state index in [1.54, 1.807) is 16.9 Å². The molecule has 2 aromatic heterocycles. The number of hydrazine groups is 1. The molecule has 0 bridgehead atoms. The standard InChI is InChI=1S/C11H16N6/c1-7(2)11-14-9(16-12)4-10(15-11)17-6-8(3)5-13-17/h4-7H,12H2,1-3H3,(H,14,15,16). The Hall–Kier alpha value is -1.95. The second kappa shape index (κ2) is 4.50. The SMILES string of the molecule is Cc1cnn(-c2cc(NN)nc(C(C)C)n2)c1. The molecule has 6 nitrogen and oxygen atoms in total. The quantitative estimate of drug-likeness (QED) is 0.617. The first kappa shape index (κ1) is 11.5. The number of nitrogens with zero attached hydrogens (tertiary/aromatic N) is 4. The van der Waals surface area contributed by atoms with Crippen molar-refractivity contribution in [2.45, 2.75) is 26.7 Å². The average molecular weight is 232 g/mol. The zero-order valence-corrected chi connectivity index (χ0v) is 10.2. The molecule has 0 aliphatic heterocycles. The van der Waals surface area contributed by atoms with Crippen LogP contribution >= 0.6 is 0 Å². The fourth-order valence-corrected chi connectivity index (χ4v) is 1.44. The number of aromatic nitrogens is 4.